The quantitative estimate of drug-likeness (QED) is 0.819. The summed E-state index contributed by atoms with van der Waals surface area (Å²) >= 11 is 5.11. The van der Waals surface area contributed by atoms with Crippen LogP contribution in [0.5, 0.6) is 0 Å². The highest BCUT2D eigenvalue weighted by atomic mass is 32.1. The molecule has 2 rings (SSSR count). The highest BCUT2D eigenvalue weighted by molar-refractivity contribution is 7.80. The number of halogens is 3. The molecular formula is C12H14F3N3S. The van der Waals surface area contributed by atoms with Crippen LogP contribution in [0.25, 0.3) is 0 Å². The molecule has 1 heterocycles. The summed E-state index contributed by atoms with van der Waals surface area (Å²) in [5.41, 5.74) is -0.462. The first-order valence-electron chi connectivity index (χ1n) is 6.06. The van der Waals surface area contributed by atoms with Gasteiger partial charge in [0.2, 0.25) is 0 Å². The summed E-state index contributed by atoms with van der Waals surface area (Å²) in [5.74, 6) is 0. The maximum absolute atomic E-state index is 12.3. The van der Waals surface area contributed by atoms with E-state index < -0.39 is 11.9 Å². The molecule has 0 saturated heterocycles. The summed E-state index contributed by atoms with van der Waals surface area (Å²) < 4.78 is 37.0. The lowest BCUT2D eigenvalue weighted by molar-refractivity contribution is -0.141. The van der Waals surface area contributed by atoms with Crippen LogP contribution in [0.15, 0.2) is 18.3 Å². The second-order valence-electron chi connectivity index (χ2n) is 4.51. The molecule has 1 saturated carbocycles. The number of hydrogen-bond acceptors (Lipinski definition) is 2. The Kier molecular flexibility index (Phi) is 4.24. The summed E-state index contributed by atoms with van der Waals surface area (Å²) in [5, 5.41) is 6.40. The zero-order chi connectivity index (χ0) is 13.9. The lowest BCUT2D eigenvalue weighted by Gasteiger charge is -2.15. The van der Waals surface area contributed by atoms with E-state index in [1.807, 2.05) is 0 Å². The van der Waals surface area contributed by atoms with Crippen molar-refractivity contribution in [1.82, 2.24) is 10.3 Å². The molecular weight excluding hydrogens is 275 g/mol. The second-order valence-corrected chi connectivity index (χ2v) is 4.92. The van der Waals surface area contributed by atoms with E-state index in [1.54, 1.807) is 0 Å². The smallest absolute Gasteiger partial charge is 0.360 e. The molecule has 0 aromatic carbocycles. The number of nitrogens with zero attached hydrogens (tertiary/aromatic N) is 1. The standard InChI is InChI=1S/C12H14F3N3S/c13-12(14,15)10-6-5-9(7-16-10)18-11(19)17-8-3-1-2-4-8/h5-8H,1-4H2,(H2,17,18,19). The Bertz CT molecular complexity index is 439. The molecule has 104 valence electrons. The largest absolute Gasteiger partial charge is 0.433 e. The molecule has 1 aliphatic carbocycles. The highest BCUT2D eigenvalue weighted by Gasteiger charge is 2.32. The number of hydrogen-bond donors (Lipinski definition) is 2. The predicted molar refractivity (Wildman–Crippen MR) is 70.9 cm³/mol. The molecule has 1 aliphatic rings. The maximum Gasteiger partial charge on any atom is 0.433 e. The van der Waals surface area contributed by atoms with Gasteiger partial charge in [-0.1, -0.05) is 12.8 Å². The molecule has 0 unspecified atom stereocenters. The van der Waals surface area contributed by atoms with E-state index in [9.17, 15) is 13.2 Å². The van der Waals surface area contributed by atoms with Crippen molar-refractivity contribution in [1.29, 1.82) is 0 Å². The van der Waals surface area contributed by atoms with E-state index in [0.717, 1.165) is 25.1 Å². The Morgan fingerprint density at radius 2 is 1.95 bits per heavy atom. The first kappa shape index (κ1) is 14.0. The Labute approximate surface area is 114 Å². The van der Waals surface area contributed by atoms with Gasteiger partial charge in [0.1, 0.15) is 5.69 Å². The van der Waals surface area contributed by atoms with Crippen LogP contribution in [-0.2, 0) is 6.18 Å². The number of thiocarbonyl (C=S) groups is 1. The van der Waals surface area contributed by atoms with Crippen molar-refractivity contribution in [3.63, 3.8) is 0 Å². The van der Waals surface area contributed by atoms with Crippen LogP contribution < -0.4 is 10.6 Å². The van der Waals surface area contributed by atoms with Gasteiger partial charge in [0.15, 0.2) is 5.11 Å². The normalized spacial score (nSPS) is 16.4. The molecule has 3 nitrogen and oxygen atoms in total. The van der Waals surface area contributed by atoms with Gasteiger partial charge in [0.25, 0.3) is 0 Å². The second kappa shape index (κ2) is 5.73. The molecule has 1 aromatic heterocycles. The fourth-order valence-electron chi connectivity index (χ4n) is 2.06. The molecule has 0 spiro atoms. The molecule has 0 atom stereocenters. The number of anilines is 1. The summed E-state index contributed by atoms with van der Waals surface area (Å²) in [6.07, 6.45) is 1.23. The maximum atomic E-state index is 12.3. The predicted octanol–water partition coefficient (Wildman–Crippen LogP) is 3.33. The number of alkyl halides is 3. The van der Waals surface area contributed by atoms with E-state index in [4.69, 9.17) is 12.2 Å². The van der Waals surface area contributed by atoms with Gasteiger partial charge in [-0.05, 0) is 37.2 Å². The van der Waals surface area contributed by atoms with Gasteiger partial charge in [-0.15, -0.1) is 0 Å². The molecule has 2 N–H and O–H groups in total. The Balaban J connectivity index is 1.90. The number of pyridine rings is 1. The van der Waals surface area contributed by atoms with Crippen LogP contribution in [0.3, 0.4) is 0 Å². The molecule has 0 radical (unpaired) electrons. The fourth-order valence-corrected chi connectivity index (χ4v) is 2.34. The topological polar surface area (TPSA) is 37.0 Å². The van der Waals surface area contributed by atoms with Gasteiger partial charge in [0.05, 0.1) is 11.9 Å². The summed E-state index contributed by atoms with van der Waals surface area (Å²) in [6.45, 7) is 0. The van der Waals surface area contributed by atoms with Crippen molar-refractivity contribution in [3.05, 3.63) is 24.0 Å². The summed E-state index contributed by atoms with van der Waals surface area (Å²) in [4.78, 5) is 3.36. The zero-order valence-electron chi connectivity index (χ0n) is 10.1. The van der Waals surface area contributed by atoms with Crippen molar-refractivity contribution in [3.8, 4) is 0 Å². The fraction of sp³-hybridized carbons (Fsp3) is 0.500. The molecule has 19 heavy (non-hydrogen) atoms. The van der Waals surface area contributed by atoms with Crippen molar-refractivity contribution in [2.24, 2.45) is 0 Å². The molecule has 1 fully saturated rings. The van der Waals surface area contributed by atoms with E-state index in [-0.39, 0.29) is 0 Å². The molecule has 0 aliphatic heterocycles. The first-order chi connectivity index (χ1) is 8.95. The minimum atomic E-state index is -4.42. The lowest BCUT2D eigenvalue weighted by atomic mass is 10.2. The highest BCUT2D eigenvalue weighted by Crippen LogP contribution is 2.27. The van der Waals surface area contributed by atoms with E-state index in [1.165, 1.54) is 18.9 Å². The number of aromatic nitrogens is 1. The van der Waals surface area contributed by atoms with Crippen molar-refractivity contribution in [2.75, 3.05) is 5.32 Å². The van der Waals surface area contributed by atoms with Crippen LogP contribution in [0.2, 0.25) is 0 Å². The van der Waals surface area contributed by atoms with Gasteiger partial charge in [0, 0.05) is 6.04 Å². The summed E-state index contributed by atoms with van der Waals surface area (Å²) in [6, 6.07) is 2.61. The third-order valence-electron chi connectivity index (χ3n) is 3.00. The number of rotatable bonds is 2. The first-order valence-corrected chi connectivity index (χ1v) is 6.47. The van der Waals surface area contributed by atoms with E-state index in [2.05, 4.69) is 15.6 Å². The van der Waals surface area contributed by atoms with Crippen molar-refractivity contribution < 1.29 is 13.2 Å². The minimum absolute atomic E-state index is 0.363. The van der Waals surface area contributed by atoms with Gasteiger partial charge in [-0.2, -0.15) is 13.2 Å². The molecule has 1 aromatic rings. The van der Waals surface area contributed by atoms with Crippen LogP contribution in [0.4, 0.5) is 18.9 Å². The minimum Gasteiger partial charge on any atom is -0.360 e. The third kappa shape index (κ3) is 4.05. The van der Waals surface area contributed by atoms with Crippen LogP contribution in [0, 0.1) is 0 Å². The average Bonchev–Trinajstić information content (AvgIpc) is 2.81. The Hall–Kier alpha value is -1.37. The van der Waals surface area contributed by atoms with Gasteiger partial charge >= 0.3 is 6.18 Å². The van der Waals surface area contributed by atoms with Crippen LogP contribution in [0.1, 0.15) is 31.4 Å². The van der Waals surface area contributed by atoms with E-state index >= 15 is 0 Å². The molecule has 7 heteroatoms. The number of nitrogens with one attached hydrogen (secondary N) is 2. The Morgan fingerprint density at radius 3 is 2.47 bits per heavy atom. The monoisotopic (exact) mass is 289 g/mol. The summed E-state index contributed by atoms with van der Waals surface area (Å²) in [7, 11) is 0. The lowest BCUT2D eigenvalue weighted by Crippen LogP contribution is -2.35. The SMILES string of the molecule is FC(F)(F)c1ccc(NC(=S)NC2CCCC2)cn1. The van der Waals surface area contributed by atoms with Crippen molar-refractivity contribution >= 4 is 23.0 Å². The van der Waals surface area contributed by atoms with Gasteiger partial charge in [-0.25, -0.2) is 4.98 Å². The van der Waals surface area contributed by atoms with Crippen LogP contribution in [-0.4, -0.2) is 16.1 Å². The van der Waals surface area contributed by atoms with Gasteiger partial charge in [-0.3, -0.25) is 0 Å². The van der Waals surface area contributed by atoms with Crippen LogP contribution >= 0.6 is 12.2 Å². The molecule has 0 bridgehead atoms. The average molecular weight is 289 g/mol. The van der Waals surface area contributed by atoms with Crippen molar-refractivity contribution in [2.45, 2.75) is 37.9 Å². The third-order valence-corrected chi connectivity index (χ3v) is 3.22. The zero-order valence-corrected chi connectivity index (χ0v) is 10.9. The van der Waals surface area contributed by atoms with Gasteiger partial charge < -0.3 is 10.6 Å². The molecule has 0 amide bonds. The Morgan fingerprint density at radius 1 is 1.26 bits per heavy atom. The van der Waals surface area contributed by atoms with E-state index in [0.29, 0.717) is 16.8 Å².